The molecule has 1 aromatic heterocycles. The number of rotatable bonds is 5. The Kier molecular flexibility index (Phi) is 5.45. The number of benzene rings is 1. The molecule has 1 amide bonds. The quantitative estimate of drug-likeness (QED) is 0.812. The van der Waals surface area contributed by atoms with Gasteiger partial charge in [0.2, 0.25) is 5.91 Å². The van der Waals surface area contributed by atoms with Gasteiger partial charge in [-0.1, -0.05) is 12.1 Å². The summed E-state index contributed by atoms with van der Waals surface area (Å²) in [6.07, 6.45) is -1.25. The van der Waals surface area contributed by atoms with Gasteiger partial charge in [-0.3, -0.25) is 4.79 Å². The highest BCUT2D eigenvalue weighted by Crippen LogP contribution is 2.21. The second-order valence-electron chi connectivity index (χ2n) is 6.53. The molecule has 0 aliphatic carbocycles. The highest BCUT2D eigenvalue weighted by atomic mass is 19.1. The minimum atomic E-state index is -1.12. The van der Waals surface area contributed by atoms with Crippen molar-refractivity contribution in [3.63, 3.8) is 0 Å². The highest BCUT2D eigenvalue weighted by Gasteiger charge is 2.36. The van der Waals surface area contributed by atoms with Crippen LogP contribution in [-0.2, 0) is 20.7 Å². The predicted octanol–water partition coefficient (Wildman–Crippen LogP) is 0.605. The van der Waals surface area contributed by atoms with E-state index in [1.165, 1.54) is 21.7 Å². The van der Waals surface area contributed by atoms with Crippen LogP contribution >= 0.6 is 0 Å². The minimum Gasteiger partial charge on any atom is -0.479 e. The van der Waals surface area contributed by atoms with E-state index >= 15 is 0 Å². The van der Waals surface area contributed by atoms with Crippen LogP contribution in [-0.4, -0.2) is 67.4 Å². The monoisotopic (exact) mass is 377 g/mol. The zero-order valence-electron chi connectivity index (χ0n) is 14.9. The number of nitrogens with zero attached hydrogens (tertiary/aromatic N) is 5. The lowest BCUT2D eigenvalue weighted by Gasteiger charge is -2.36. The van der Waals surface area contributed by atoms with Gasteiger partial charge in [0.25, 0.3) is 0 Å². The molecule has 2 heterocycles. The lowest BCUT2D eigenvalue weighted by Crippen LogP contribution is -2.53. The molecule has 10 heteroatoms. The smallest absolute Gasteiger partial charge is 0.334 e. The van der Waals surface area contributed by atoms with Gasteiger partial charge in [0.1, 0.15) is 17.7 Å². The summed E-state index contributed by atoms with van der Waals surface area (Å²) < 4.78 is 20.0. The van der Waals surface area contributed by atoms with Gasteiger partial charge in [-0.2, -0.15) is 0 Å². The number of hydrogen-bond acceptors (Lipinski definition) is 6. The number of hydrogen-bond donors (Lipinski definition) is 1. The third-order valence-corrected chi connectivity index (χ3v) is 4.43. The van der Waals surface area contributed by atoms with E-state index in [4.69, 9.17) is 4.74 Å². The van der Waals surface area contributed by atoms with Crippen molar-refractivity contribution in [2.75, 3.05) is 13.1 Å². The maximum atomic E-state index is 13.2. The Balaban J connectivity index is 1.87. The zero-order valence-corrected chi connectivity index (χ0v) is 14.9. The van der Waals surface area contributed by atoms with Crippen molar-refractivity contribution in [1.29, 1.82) is 0 Å². The molecule has 1 aliphatic rings. The predicted molar refractivity (Wildman–Crippen MR) is 90.2 cm³/mol. The fraction of sp³-hybridized carbons (Fsp3) is 0.471. The molecular weight excluding hydrogens is 357 g/mol. The van der Waals surface area contributed by atoms with Crippen LogP contribution < -0.4 is 0 Å². The molecule has 27 heavy (non-hydrogen) atoms. The Hall–Kier alpha value is -2.88. The van der Waals surface area contributed by atoms with Gasteiger partial charge in [-0.25, -0.2) is 13.9 Å². The molecule has 1 saturated heterocycles. The second kappa shape index (κ2) is 7.78. The number of carbonyl (C=O) groups excluding carboxylic acids is 1. The Bertz CT molecular complexity index is 825. The topological polar surface area (TPSA) is 110 Å². The van der Waals surface area contributed by atoms with E-state index in [1.54, 1.807) is 26.0 Å². The standard InChI is InChI=1S/C17H20FN5O4/c1-10-8-22(9-15(27-10)17(25)26)16(24)14(23-11(2)19-20-21-23)7-12-3-5-13(18)6-4-12/h3-6,10,14-15H,7-9H2,1-2H3,(H,25,26)/t10-,14?,15?/m1/s1. The molecule has 3 rings (SSSR count). The van der Waals surface area contributed by atoms with Crippen molar-refractivity contribution in [3.05, 3.63) is 41.5 Å². The molecule has 0 radical (unpaired) electrons. The van der Waals surface area contributed by atoms with Crippen LogP contribution in [0.1, 0.15) is 24.4 Å². The molecular formula is C17H20FN5O4. The maximum Gasteiger partial charge on any atom is 0.334 e. The van der Waals surface area contributed by atoms with Crippen LogP contribution in [0.15, 0.2) is 24.3 Å². The summed E-state index contributed by atoms with van der Waals surface area (Å²) in [6.45, 7) is 3.60. The van der Waals surface area contributed by atoms with Gasteiger partial charge in [0, 0.05) is 13.0 Å². The summed E-state index contributed by atoms with van der Waals surface area (Å²) in [5, 5.41) is 20.6. The van der Waals surface area contributed by atoms with Gasteiger partial charge < -0.3 is 14.7 Å². The molecule has 2 unspecified atom stereocenters. The SMILES string of the molecule is Cc1nnnn1C(Cc1ccc(F)cc1)C(=O)N1CC(C(=O)O)O[C@H](C)C1. The van der Waals surface area contributed by atoms with Gasteiger partial charge in [0.15, 0.2) is 6.10 Å². The van der Waals surface area contributed by atoms with E-state index in [-0.39, 0.29) is 31.2 Å². The fourth-order valence-electron chi connectivity index (χ4n) is 3.13. The average molecular weight is 377 g/mol. The lowest BCUT2D eigenvalue weighted by molar-refractivity contribution is -0.167. The van der Waals surface area contributed by atoms with Crippen LogP contribution in [0.4, 0.5) is 4.39 Å². The van der Waals surface area contributed by atoms with Crippen molar-refractivity contribution in [2.24, 2.45) is 0 Å². The Morgan fingerprint density at radius 2 is 2.04 bits per heavy atom. The molecule has 1 aliphatic heterocycles. The third-order valence-electron chi connectivity index (χ3n) is 4.43. The van der Waals surface area contributed by atoms with Crippen molar-refractivity contribution in [1.82, 2.24) is 25.1 Å². The zero-order chi connectivity index (χ0) is 19.6. The average Bonchev–Trinajstić information content (AvgIpc) is 3.06. The minimum absolute atomic E-state index is 0.0560. The number of aromatic nitrogens is 4. The summed E-state index contributed by atoms with van der Waals surface area (Å²) in [4.78, 5) is 26.0. The van der Waals surface area contributed by atoms with Crippen molar-refractivity contribution in [2.45, 2.75) is 38.5 Å². The first kappa shape index (κ1) is 18.9. The van der Waals surface area contributed by atoms with Crippen LogP contribution in [0.2, 0.25) is 0 Å². The van der Waals surface area contributed by atoms with Crippen molar-refractivity contribution >= 4 is 11.9 Å². The molecule has 1 aromatic carbocycles. The number of aryl methyl sites for hydroxylation is 1. The molecule has 0 bridgehead atoms. The van der Waals surface area contributed by atoms with E-state index < -0.39 is 24.2 Å². The fourth-order valence-corrected chi connectivity index (χ4v) is 3.13. The first-order valence-electron chi connectivity index (χ1n) is 8.51. The molecule has 0 saturated carbocycles. The molecule has 3 atom stereocenters. The van der Waals surface area contributed by atoms with E-state index in [9.17, 15) is 19.1 Å². The molecule has 2 aromatic rings. The van der Waals surface area contributed by atoms with E-state index in [0.717, 1.165) is 5.56 Å². The highest BCUT2D eigenvalue weighted by molar-refractivity contribution is 5.82. The van der Waals surface area contributed by atoms with Crippen LogP contribution in [0.25, 0.3) is 0 Å². The van der Waals surface area contributed by atoms with Crippen LogP contribution in [0.5, 0.6) is 0 Å². The number of tetrazole rings is 1. The Morgan fingerprint density at radius 1 is 1.33 bits per heavy atom. The van der Waals surface area contributed by atoms with Crippen LogP contribution in [0, 0.1) is 12.7 Å². The summed E-state index contributed by atoms with van der Waals surface area (Å²) in [6, 6.07) is 5.06. The third kappa shape index (κ3) is 4.27. The summed E-state index contributed by atoms with van der Waals surface area (Å²) in [7, 11) is 0. The van der Waals surface area contributed by atoms with E-state index in [1.807, 2.05) is 0 Å². The largest absolute Gasteiger partial charge is 0.479 e. The number of morpholine rings is 1. The Labute approximate surface area is 154 Å². The van der Waals surface area contributed by atoms with Gasteiger partial charge >= 0.3 is 5.97 Å². The number of carboxylic acid groups (broad SMARTS) is 1. The van der Waals surface area contributed by atoms with E-state index in [2.05, 4.69) is 15.5 Å². The maximum absolute atomic E-state index is 13.2. The molecule has 144 valence electrons. The Morgan fingerprint density at radius 3 is 2.63 bits per heavy atom. The first-order valence-corrected chi connectivity index (χ1v) is 8.51. The number of amides is 1. The van der Waals surface area contributed by atoms with Crippen molar-refractivity contribution < 1.29 is 23.8 Å². The van der Waals surface area contributed by atoms with Gasteiger partial charge in [0.05, 0.1) is 12.6 Å². The normalized spacial score (nSPS) is 21.1. The number of carbonyl (C=O) groups is 2. The summed E-state index contributed by atoms with van der Waals surface area (Å²) in [5.41, 5.74) is 0.737. The van der Waals surface area contributed by atoms with Gasteiger partial charge in [-0.05, 0) is 42.0 Å². The summed E-state index contributed by atoms with van der Waals surface area (Å²) >= 11 is 0. The molecule has 1 fully saturated rings. The van der Waals surface area contributed by atoms with Crippen molar-refractivity contribution in [3.8, 4) is 0 Å². The van der Waals surface area contributed by atoms with E-state index in [0.29, 0.717) is 5.82 Å². The number of halogens is 1. The molecule has 9 nitrogen and oxygen atoms in total. The molecule has 1 N–H and O–H groups in total. The van der Waals surface area contributed by atoms with Crippen LogP contribution in [0.3, 0.4) is 0 Å². The number of carboxylic acids is 1. The number of ether oxygens (including phenoxy) is 1. The lowest BCUT2D eigenvalue weighted by atomic mass is 10.0. The number of aliphatic carboxylic acids is 1. The van der Waals surface area contributed by atoms with Gasteiger partial charge in [-0.15, -0.1) is 5.10 Å². The molecule has 0 spiro atoms. The summed E-state index contributed by atoms with van der Waals surface area (Å²) in [5.74, 6) is -1.35. The first-order chi connectivity index (χ1) is 12.8. The second-order valence-corrected chi connectivity index (χ2v) is 6.53.